The standard InChI is InChI=1S/C8H10F2N2O3S/c9-8(10)6(13)4-11-3-5-1-2-7(16-5)12(14)15/h1-2,6,8,11,13H,3-4H2. The van der Waals surface area contributed by atoms with E-state index in [1.54, 1.807) is 6.07 Å². The van der Waals surface area contributed by atoms with Crippen molar-refractivity contribution in [1.82, 2.24) is 5.32 Å². The highest BCUT2D eigenvalue weighted by molar-refractivity contribution is 7.15. The van der Waals surface area contributed by atoms with Crippen molar-refractivity contribution in [2.75, 3.05) is 6.54 Å². The molecular weight excluding hydrogens is 242 g/mol. The second-order valence-electron chi connectivity index (χ2n) is 3.03. The average Bonchev–Trinajstić information content (AvgIpc) is 2.66. The van der Waals surface area contributed by atoms with Crippen LogP contribution in [-0.2, 0) is 6.54 Å². The van der Waals surface area contributed by atoms with Crippen molar-refractivity contribution in [2.24, 2.45) is 0 Å². The molecule has 1 rings (SSSR count). The van der Waals surface area contributed by atoms with E-state index in [9.17, 15) is 18.9 Å². The van der Waals surface area contributed by atoms with Crippen LogP contribution in [0.5, 0.6) is 0 Å². The Bertz CT molecular complexity index is 359. The molecule has 0 aliphatic carbocycles. The van der Waals surface area contributed by atoms with E-state index < -0.39 is 17.5 Å². The van der Waals surface area contributed by atoms with E-state index in [-0.39, 0.29) is 18.1 Å². The summed E-state index contributed by atoms with van der Waals surface area (Å²) in [6.07, 6.45) is -4.50. The Morgan fingerprint density at radius 3 is 2.75 bits per heavy atom. The lowest BCUT2D eigenvalue weighted by atomic mass is 10.3. The van der Waals surface area contributed by atoms with Gasteiger partial charge in [-0.1, -0.05) is 11.3 Å². The summed E-state index contributed by atoms with van der Waals surface area (Å²) in [6, 6.07) is 2.90. The van der Waals surface area contributed by atoms with Crippen LogP contribution in [0.1, 0.15) is 4.88 Å². The molecule has 0 bridgehead atoms. The number of alkyl halides is 2. The molecular formula is C8H10F2N2O3S. The minimum absolute atomic E-state index is 0.00575. The summed E-state index contributed by atoms with van der Waals surface area (Å²) in [5.74, 6) is 0. The molecule has 90 valence electrons. The molecule has 1 aromatic rings. The Hall–Kier alpha value is -1.12. The van der Waals surface area contributed by atoms with Gasteiger partial charge in [0.1, 0.15) is 6.10 Å². The maximum atomic E-state index is 11.9. The number of aliphatic hydroxyl groups is 1. The number of thiophene rings is 1. The molecule has 0 fully saturated rings. The molecule has 0 spiro atoms. The fourth-order valence-electron chi connectivity index (χ4n) is 0.992. The summed E-state index contributed by atoms with van der Waals surface area (Å²) in [4.78, 5) is 10.5. The largest absolute Gasteiger partial charge is 0.386 e. The van der Waals surface area contributed by atoms with E-state index >= 15 is 0 Å². The topological polar surface area (TPSA) is 75.4 Å². The molecule has 0 saturated heterocycles. The molecule has 0 amide bonds. The summed E-state index contributed by atoms with van der Waals surface area (Å²) in [5.41, 5.74) is 0. The van der Waals surface area contributed by atoms with E-state index in [4.69, 9.17) is 5.11 Å². The zero-order valence-corrected chi connectivity index (χ0v) is 8.92. The molecule has 2 N–H and O–H groups in total. The maximum Gasteiger partial charge on any atom is 0.324 e. The lowest BCUT2D eigenvalue weighted by molar-refractivity contribution is -0.380. The highest BCUT2D eigenvalue weighted by atomic mass is 32.1. The monoisotopic (exact) mass is 252 g/mol. The zero-order chi connectivity index (χ0) is 12.1. The van der Waals surface area contributed by atoms with Gasteiger partial charge in [0.15, 0.2) is 0 Å². The highest BCUT2D eigenvalue weighted by Gasteiger charge is 2.16. The summed E-state index contributed by atoms with van der Waals surface area (Å²) in [7, 11) is 0. The first-order valence-electron chi connectivity index (χ1n) is 4.40. The lowest BCUT2D eigenvalue weighted by Crippen LogP contribution is -2.31. The third kappa shape index (κ3) is 3.80. The van der Waals surface area contributed by atoms with Crippen LogP contribution in [0.2, 0.25) is 0 Å². The summed E-state index contributed by atoms with van der Waals surface area (Å²) >= 11 is 0.970. The number of aliphatic hydroxyl groups excluding tert-OH is 1. The Morgan fingerprint density at radius 2 is 2.25 bits per heavy atom. The third-order valence-electron chi connectivity index (χ3n) is 1.77. The number of hydrogen-bond donors (Lipinski definition) is 2. The Kier molecular flexibility index (Phi) is 4.71. The first-order valence-corrected chi connectivity index (χ1v) is 5.22. The normalized spacial score (nSPS) is 13.0. The van der Waals surface area contributed by atoms with Crippen LogP contribution >= 0.6 is 11.3 Å². The van der Waals surface area contributed by atoms with E-state index in [0.717, 1.165) is 11.3 Å². The van der Waals surface area contributed by atoms with E-state index in [1.807, 2.05) is 0 Å². The molecule has 0 radical (unpaired) electrons. The van der Waals surface area contributed by atoms with Gasteiger partial charge in [0, 0.05) is 24.0 Å². The SMILES string of the molecule is O=[N+]([O-])c1ccc(CNCC(O)C(F)F)s1. The van der Waals surface area contributed by atoms with Crippen molar-refractivity contribution >= 4 is 16.3 Å². The van der Waals surface area contributed by atoms with Gasteiger partial charge in [-0.2, -0.15) is 0 Å². The number of halogens is 2. The van der Waals surface area contributed by atoms with Crippen molar-refractivity contribution in [3.8, 4) is 0 Å². The van der Waals surface area contributed by atoms with Crippen LogP contribution in [-0.4, -0.2) is 29.1 Å². The number of nitrogens with one attached hydrogen (secondary N) is 1. The Morgan fingerprint density at radius 1 is 1.56 bits per heavy atom. The molecule has 1 aromatic heterocycles. The molecule has 1 unspecified atom stereocenters. The lowest BCUT2D eigenvalue weighted by Gasteiger charge is -2.09. The second-order valence-corrected chi connectivity index (χ2v) is 4.18. The van der Waals surface area contributed by atoms with Crippen LogP contribution in [0, 0.1) is 10.1 Å². The minimum atomic E-state index is -2.79. The number of hydrogen-bond acceptors (Lipinski definition) is 5. The molecule has 16 heavy (non-hydrogen) atoms. The van der Waals surface area contributed by atoms with E-state index in [0.29, 0.717) is 4.88 Å². The quantitative estimate of drug-likeness (QED) is 0.592. The number of rotatable bonds is 6. The molecule has 1 heterocycles. The molecule has 5 nitrogen and oxygen atoms in total. The summed E-state index contributed by atoms with van der Waals surface area (Å²) < 4.78 is 23.8. The molecule has 0 saturated carbocycles. The maximum absolute atomic E-state index is 11.9. The molecule has 8 heteroatoms. The molecule has 0 aromatic carbocycles. The van der Waals surface area contributed by atoms with Crippen molar-refractivity contribution in [3.05, 3.63) is 27.1 Å². The van der Waals surface area contributed by atoms with Crippen molar-refractivity contribution < 1.29 is 18.8 Å². The van der Waals surface area contributed by atoms with Gasteiger partial charge in [0.05, 0.1) is 4.92 Å². The van der Waals surface area contributed by atoms with Gasteiger partial charge in [-0.15, -0.1) is 0 Å². The molecule has 0 aliphatic rings. The minimum Gasteiger partial charge on any atom is -0.386 e. The van der Waals surface area contributed by atoms with Crippen molar-refractivity contribution in [3.63, 3.8) is 0 Å². The molecule has 1 atom stereocenters. The predicted molar refractivity (Wildman–Crippen MR) is 54.7 cm³/mol. The fourth-order valence-corrected chi connectivity index (χ4v) is 1.78. The Labute approximate surface area is 93.9 Å². The van der Waals surface area contributed by atoms with Crippen LogP contribution in [0.3, 0.4) is 0 Å². The van der Waals surface area contributed by atoms with E-state index in [2.05, 4.69) is 5.32 Å². The number of nitrogens with zero attached hydrogens (tertiary/aromatic N) is 1. The van der Waals surface area contributed by atoms with Gasteiger partial charge < -0.3 is 10.4 Å². The molecule has 0 aliphatic heterocycles. The number of nitro groups is 1. The smallest absolute Gasteiger partial charge is 0.324 e. The van der Waals surface area contributed by atoms with Gasteiger partial charge in [-0.05, 0) is 6.07 Å². The second kappa shape index (κ2) is 5.83. The Balaban J connectivity index is 2.35. The average molecular weight is 252 g/mol. The van der Waals surface area contributed by atoms with Gasteiger partial charge in [-0.3, -0.25) is 10.1 Å². The van der Waals surface area contributed by atoms with Crippen LogP contribution < -0.4 is 5.32 Å². The first-order chi connectivity index (χ1) is 7.50. The van der Waals surface area contributed by atoms with Gasteiger partial charge in [0.25, 0.3) is 6.43 Å². The summed E-state index contributed by atoms with van der Waals surface area (Å²) in [5, 5.41) is 21.7. The summed E-state index contributed by atoms with van der Waals surface area (Å²) in [6.45, 7) is -0.0222. The highest BCUT2D eigenvalue weighted by Crippen LogP contribution is 2.23. The van der Waals surface area contributed by atoms with Crippen molar-refractivity contribution in [2.45, 2.75) is 19.1 Å². The van der Waals surface area contributed by atoms with E-state index in [1.165, 1.54) is 6.07 Å². The van der Waals surface area contributed by atoms with Gasteiger partial charge >= 0.3 is 5.00 Å². The van der Waals surface area contributed by atoms with Crippen LogP contribution in [0.15, 0.2) is 12.1 Å². The predicted octanol–water partition coefficient (Wildman–Crippen LogP) is 1.37. The van der Waals surface area contributed by atoms with Crippen LogP contribution in [0.25, 0.3) is 0 Å². The van der Waals surface area contributed by atoms with Gasteiger partial charge in [0.2, 0.25) is 0 Å². The third-order valence-corrected chi connectivity index (χ3v) is 2.81. The first kappa shape index (κ1) is 12.9. The zero-order valence-electron chi connectivity index (χ0n) is 8.10. The van der Waals surface area contributed by atoms with Crippen LogP contribution in [0.4, 0.5) is 13.8 Å². The van der Waals surface area contributed by atoms with Gasteiger partial charge in [-0.25, -0.2) is 8.78 Å². The fraction of sp³-hybridized carbons (Fsp3) is 0.500. The van der Waals surface area contributed by atoms with Crippen molar-refractivity contribution in [1.29, 1.82) is 0 Å².